The second-order valence-electron chi connectivity index (χ2n) is 8.25. The van der Waals surface area contributed by atoms with Gasteiger partial charge in [-0.05, 0) is 55.0 Å². The third kappa shape index (κ3) is 7.98. The quantitative estimate of drug-likeness (QED) is 0.248. The highest BCUT2D eigenvalue weighted by molar-refractivity contribution is 7.82. The summed E-state index contributed by atoms with van der Waals surface area (Å²) in [6.07, 6.45) is 5.34. The Morgan fingerprint density at radius 2 is 1.89 bits per heavy atom. The number of rotatable bonds is 12. The first-order chi connectivity index (χ1) is 17.4. The summed E-state index contributed by atoms with van der Waals surface area (Å²) in [5.74, 6) is 0.303. The molecule has 2 amide bonds. The van der Waals surface area contributed by atoms with Gasteiger partial charge in [-0.2, -0.15) is 0 Å². The Labute approximate surface area is 212 Å². The lowest BCUT2D eigenvalue weighted by Gasteiger charge is -2.23. The summed E-state index contributed by atoms with van der Waals surface area (Å²) in [5.41, 5.74) is 4.18. The highest BCUT2D eigenvalue weighted by Gasteiger charge is 2.21. The lowest BCUT2D eigenvalue weighted by molar-refractivity contribution is -0.129. The molecule has 0 saturated carbocycles. The number of hydrogen-bond donors (Lipinski definition) is 2. The number of likely N-dealkylation sites (N-methyl/N-ethyl adjacent to an activating group) is 1. The summed E-state index contributed by atoms with van der Waals surface area (Å²) in [7, 11) is 1.23. The van der Waals surface area contributed by atoms with Crippen molar-refractivity contribution in [1.29, 1.82) is 0 Å². The fourth-order valence-electron chi connectivity index (χ4n) is 3.66. The fourth-order valence-corrected chi connectivity index (χ4v) is 4.77. The van der Waals surface area contributed by atoms with Crippen molar-refractivity contribution in [2.45, 2.75) is 30.6 Å². The van der Waals surface area contributed by atoms with Crippen molar-refractivity contribution < 1.29 is 33.2 Å². The molecule has 1 aliphatic rings. The van der Waals surface area contributed by atoms with Crippen molar-refractivity contribution in [3.8, 4) is 11.6 Å². The van der Waals surface area contributed by atoms with Crippen LogP contribution in [-0.2, 0) is 38.1 Å². The number of methoxy groups -OCH3 is 1. The molecule has 3 rings (SSSR count). The van der Waals surface area contributed by atoms with Gasteiger partial charge in [-0.3, -0.25) is 10.0 Å². The van der Waals surface area contributed by atoms with Crippen LogP contribution < -0.4 is 10.2 Å². The third-order valence-corrected chi connectivity index (χ3v) is 7.07. The average Bonchev–Trinajstić information content (AvgIpc) is 2.90. The molecule has 0 spiro atoms. The number of hydrogen-bond acceptors (Lipinski definition) is 8. The summed E-state index contributed by atoms with van der Waals surface area (Å²) < 4.78 is 30.2. The van der Waals surface area contributed by atoms with Crippen LogP contribution in [0.4, 0.5) is 4.79 Å². The molecular weight excluding hydrogens is 488 g/mol. The summed E-state index contributed by atoms with van der Waals surface area (Å²) in [5, 5.41) is 8.92. The van der Waals surface area contributed by atoms with Crippen LogP contribution in [0, 0.1) is 0 Å². The molecule has 1 atom stereocenters. The Balaban J connectivity index is 1.62. The van der Waals surface area contributed by atoms with E-state index in [4.69, 9.17) is 19.4 Å². The number of nitrogens with one attached hydrogen (secondary N) is 1. The van der Waals surface area contributed by atoms with E-state index in [2.05, 4.69) is 11.1 Å². The van der Waals surface area contributed by atoms with Gasteiger partial charge in [-0.15, -0.1) is 0 Å². The molecule has 2 N–H and O–H groups in total. The van der Waals surface area contributed by atoms with Gasteiger partial charge < -0.3 is 19.1 Å². The maximum atomic E-state index is 13.2. The Kier molecular flexibility index (Phi) is 10.6. The van der Waals surface area contributed by atoms with Gasteiger partial charge in [0.05, 0.1) is 18.0 Å². The van der Waals surface area contributed by atoms with Crippen molar-refractivity contribution in [3.63, 3.8) is 0 Å². The molecule has 1 aromatic heterocycles. The van der Waals surface area contributed by atoms with Crippen LogP contribution in [0.1, 0.15) is 24.0 Å². The maximum absolute atomic E-state index is 13.2. The van der Waals surface area contributed by atoms with Gasteiger partial charge in [0.1, 0.15) is 23.3 Å². The summed E-state index contributed by atoms with van der Waals surface area (Å²) >= 11 is 0. The van der Waals surface area contributed by atoms with E-state index in [0.717, 1.165) is 12.8 Å². The van der Waals surface area contributed by atoms with Crippen molar-refractivity contribution in [1.82, 2.24) is 19.7 Å². The third-order valence-electron chi connectivity index (χ3n) is 5.64. The van der Waals surface area contributed by atoms with E-state index in [1.165, 1.54) is 59.0 Å². The number of aryl methyl sites for hydroxylation is 2. The van der Waals surface area contributed by atoms with Crippen molar-refractivity contribution in [3.05, 3.63) is 47.7 Å². The zero-order valence-corrected chi connectivity index (χ0v) is 21.3. The predicted octanol–water partition coefficient (Wildman–Crippen LogP) is 2.30. The van der Waals surface area contributed by atoms with Gasteiger partial charge >= 0.3 is 6.09 Å². The lowest BCUT2D eigenvalue weighted by Crippen LogP contribution is -2.42. The number of nitrogens with zero attached hydrogens (tertiary/aromatic N) is 3. The Morgan fingerprint density at radius 3 is 2.58 bits per heavy atom. The SMILES string of the molecule is COCCOC(=O)N(C)CCN(CC(=O)NO)S(=O)c1ccc(Oc2ccc3c(c2)CCCC3)nc1. The highest BCUT2D eigenvalue weighted by atomic mass is 32.2. The Bertz CT molecular complexity index is 1050. The minimum Gasteiger partial charge on any atom is -0.447 e. The van der Waals surface area contributed by atoms with Crippen LogP contribution in [0.5, 0.6) is 11.6 Å². The topological polar surface area (TPSA) is 131 Å². The van der Waals surface area contributed by atoms with Crippen molar-refractivity contribution in [2.24, 2.45) is 0 Å². The predicted molar refractivity (Wildman–Crippen MR) is 131 cm³/mol. The normalized spacial score (nSPS) is 13.6. The van der Waals surface area contributed by atoms with E-state index < -0.39 is 23.0 Å². The van der Waals surface area contributed by atoms with Crippen LogP contribution in [0.15, 0.2) is 41.4 Å². The minimum atomic E-state index is -1.79. The first-order valence-corrected chi connectivity index (χ1v) is 12.7. The van der Waals surface area contributed by atoms with Crippen LogP contribution >= 0.6 is 0 Å². The summed E-state index contributed by atoms with van der Waals surface area (Å²) in [4.78, 5) is 29.7. The monoisotopic (exact) mass is 520 g/mol. The van der Waals surface area contributed by atoms with Crippen LogP contribution in [0.25, 0.3) is 0 Å². The van der Waals surface area contributed by atoms with Gasteiger partial charge in [0.15, 0.2) is 0 Å². The molecule has 12 heteroatoms. The standard InChI is InChI=1S/C24H32N4O7S/c1-27(24(30)34-14-13-33-2)11-12-28(17-22(29)26-31)36(32)21-9-10-23(25-16-21)35-20-8-7-18-5-3-4-6-19(18)15-20/h7-10,15-16,31H,3-6,11-14,17H2,1-2H3,(H,26,29). The number of benzene rings is 1. The molecule has 2 aromatic rings. The van der Waals surface area contributed by atoms with E-state index in [1.807, 2.05) is 12.1 Å². The Morgan fingerprint density at radius 1 is 1.11 bits per heavy atom. The molecule has 0 aliphatic heterocycles. The molecule has 1 aromatic carbocycles. The van der Waals surface area contributed by atoms with E-state index in [9.17, 15) is 13.8 Å². The average molecular weight is 521 g/mol. The first-order valence-electron chi connectivity index (χ1n) is 11.6. The van der Waals surface area contributed by atoms with Crippen molar-refractivity contribution >= 4 is 23.0 Å². The van der Waals surface area contributed by atoms with Crippen LogP contribution in [-0.4, -0.2) is 82.6 Å². The van der Waals surface area contributed by atoms with Crippen molar-refractivity contribution in [2.75, 3.05) is 47.0 Å². The molecule has 1 heterocycles. The largest absolute Gasteiger partial charge is 0.447 e. The molecule has 0 fully saturated rings. The van der Waals surface area contributed by atoms with Gasteiger partial charge in [0.2, 0.25) is 5.88 Å². The maximum Gasteiger partial charge on any atom is 0.409 e. The molecule has 0 saturated heterocycles. The molecule has 0 bridgehead atoms. The molecule has 11 nitrogen and oxygen atoms in total. The number of hydroxylamine groups is 1. The number of aromatic nitrogens is 1. The number of carbonyl (C=O) groups is 2. The van der Waals surface area contributed by atoms with Gasteiger partial charge in [0.25, 0.3) is 5.91 Å². The minimum absolute atomic E-state index is 0.0727. The number of carbonyl (C=O) groups excluding carboxylic acids is 2. The highest BCUT2D eigenvalue weighted by Crippen LogP contribution is 2.28. The summed E-state index contributed by atoms with van der Waals surface area (Å²) in [6, 6.07) is 9.25. The zero-order chi connectivity index (χ0) is 25.9. The molecular formula is C24H32N4O7S. The Hall–Kier alpha value is -3.06. The van der Waals surface area contributed by atoms with E-state index in [-0.39, 0.29) is 32.8 Å². The first kappa shape index (κ1) is 27.5. The van der Waals surface area contributed by atoms with Gasteiger partial charge in [-0.25, -0.2) is 23.8 Å². The number of fused-ring (bicyclic) bond motifs is 1. The molecule has 196 valence electrons. The molecule has 1 aliphatic carbocycles. The second-order valence-corrected chi connectivity index (χ2v) is 9.73. The number of ether oxygens (including phenoxy) is 3. The van der Waals surface area contributed by atoms with Crippen LogP contribution in [0.3, 0.4) is 0 Å². The zero-order valence-electron chi connectivity index (χ0n) is 20.5. The van der Waals surface area contributed by atoms with E-state index >= 15 is 0 Å². The number of pyridine rings is 1. The lowest BCUT2D eigenvalue weighted by atomic mass is 9.92. The fraction of sp³-hybridized carbons (Fsp3) is 0.458. The second kappa shape index (κ2) is 13.9. The van der Waals surface area contributed by atoms with E-state index in [0.29, 0.717) is 16.5 Å². The smallest absolute Gasteiger partial charge is 0.409 e. The molecule has 1 unspecified atom stereocenters. The molecule has 36 heavy (non-hydrogen) atoms. The van der Waals surface area contributed by atoms with E-state index in [1.54, 1.807) is 12.1 Å². The van der Waals surface area contributed by atoms with Crippen LogP contribution in [0.2, 0.25) is 0 Å². The summed E-state index contributed by atoms with van der Waals surface area (Å²) in [6.45, 7) is 0.217. The van der Waals surface area contributed by atoms with Gasteiger partial charge in [-0.1, -0.05) is 6.07 Å². The molecule has 0 radical (unpaired) electrons. The van der Waals surface area contributed by atoms with Gasteiger partial charge in [0, 0.05) is 39.5 Å². The number of amides is 2.